The number of hydrogen-bond acceptors (Lipinski definition) is 0. The molecule has 0 spiro atoms. The van der Waals surface area contributed by atoms with Crippen LogP contribution in [0.15, 0.2) is 0 Å². The molecule has 4 heavy (non-hydrogen) atoms. The first-order chi connectivity index (χ1) is 0. The molecule has 0 aromatic carbocycles. The largest absolute Gasteiger partial charge is 0.316 e. The molecule has 0 N–H and O–H groups in total. The molecule has 0 aliphatic carbocycles. The van der Waals surface area contributed by atoms with E-state index in [9.17, 15) is 0 Å². The molecule has 0 rings (SSSR count). The first-order valence-corrected chi connectivity index (χ1v) is 0. The van der Waals surface area contributed by atoms with Gasteiger partial charge in [0.15, 0.2) is 0 Å². The molecule has 0 unspecified atom stereocenters. The van der Waals surface area contributed by atoms with Crippen molar-refractivity contribution >= 4 is 23.1 Å². The topological polar surface area (TPSA) is 0 Å². The summed E-state index contributed by atoms with van der Waals surface area (Å²) in [5.74, 6) is 0. The molecule has 0 saturated carbocycles. The van der Waals surface area contributed by atoms with Crippen LogP contribution in [0.5, 0.6) is 0 Å². The molecule has 27 valence electrons. The zero-order valence-electron chi connectivity index (χ0n) is 1.15. The Morgan fingerprint density at radius 1 is 1.00 bits per heavy atom. The molecule has 1 radical (unpaired) electrons. The zero-order valence-corrected chi connectivity index (χ0v) is 4.74. The molecular weight excluding hydrogens is 190 g/mol. The third kappa shape index (κ3) is 8.82. The van der Waals surface area contributed by atoms with Crippen LogP contribution < -0.4 is 0 Å². The molecule has 0 heterocycles. The SMILES string of the molecule is [Co].[MgH2].[Ni].[Ti]. The first kappa shape index (κ1) is 31.6. The first-order valence-electron chi connectivity index (χ1n) is 0. The summed E-state index contributed by atoms with van der Waals surface area (Å²) < 4.78 is 0. The van der Waals surface area contributed by atoms with Crippen molar-refractivity contribution in [2.75, 3.05) is 0 Å². The van der Waals surface area contributed by atoms with Gasteiger partial charge in [-0.05, 0) is 0 Å². The van der Waals surface area contributed by atoms with Crippen molar-refractivity contribution < 1.29 is 55.0 Å². The summed E-state index contributed by atoms with van der Waals surface area (Å²) in [4.78, 5) is 0. The summed E-state index contributed by atoms with van der Waals surface area (Å²) >= 11 is 0. The van der Waals surface area contributed by atoms with Crippen molar-refractivity contribution in [1.29, 1.82) is 0 Å². The Balaban J connectivity index is 0. The van der Waals surface area contributed by atoms with E-state index >= 15 is 0 Å². The van der Waals surface area contributed by atoms with E-state index in [1.54, 1.807) is 0 Å². The van der Waals surface area contributed by atoms with E-state index < -0.39 is 0 Å². The predicted octanol–water partition coefficient (Wildman–Crippen LogP) is -0.924. The minimum Gasteiger partial charge on any atom is 0 e. The molecule has 0 aromatic heterocycles. The second-order valence-electron chi connectivity index (χ2n) is 0. The zero-order chi connectivity index (χ0) is 0. The van der Waals surface area contributed by atoms with Crippen LogP contribution in [0, 0.1) is 0 Å². The summed E-state index contributed by atoms with van der Waals surface area (Å²) in [7, 11) is 0. The molecule has 0 bridgehead atoms. The molecule has 0 aliphatic heterocycles. The van der Waals surface area contributed by atoms with Crippen molar-refractivity contribution in [2.24, 2.45) is 0 Å². The van der Waals surface area contributed by atoms with E-state index in [-0.39, 0.29) is 78.0 Å². The Bertz CT molecular complexity index is 8.00. The van der Waals surface area contributed by atoms with E-state index in [0.717, 1.165) is 0 Å². The number of rotatable bonds is 0. The third-order valence-electron chi connectivity index (χ3n) is 0. The fraction of sp³-hybridized carbons (Fsp3) is 0. The van der Waals surface area contributed by atoms with Gasteiger partial charge in [0, 0.05) is 55.0 Å². The van der Waals surface area contributed by atoms with Crippen molar-refractivity contribution in [3.8, 4) is 0 Å². The van der Waals surface area contributed by atoms with Gasteiger partial charge in [0.05, 0.1) is 0 Å². The molecule has 0 nitrogen and oxygen atoms in total. The summed E-state index contributed by atoms with van der Waals surface area (Å²) in [6.45, 7) is 0. The van der Waals surface area contributed by atoms with Crippen LogP contribution in [-0.2, 0) is 55.0 Å². The average Bonchev–Trinajstić information content (AvgIpc) is 0. The van der Waals surface area contributed by atoms with Crippen LogP contribution in [0.2, 0.25) is 0 Å². The maximum absolute atomic E-state index is 0. The summed E-state index contributed by atoms with van der Waals surface area (Å²) in [5, 5.41) is 0. The number of hydrogen-bond donors (Lipinski definition) is 0. The third-order valence-corrected chi connectivity index (χ3v) is 0. The Kier molecular flexibility index (Phi) is 141. The van der Waals surface area contributed by atoms with Crippen molar-refractivity contribution in [3.05, 3.63) is 0 Å². The Labute approximate surface area is 77.0 Å². The molecule has 0 aromatic rings. The molecular formula is H2CoMgNiTi. The van der Waals surface area contributed by atoms with Crippen LogP contribution in [0.4, 0.5) is 0 Å². The van der Waals surface area contributed by atoms with Gasteiger partial charge in [0.25, 0.3) is 0 Å². The molecule has 0 fully saturated rings. The van der Waals surface area contributed by atoms with Gasteiger partial charge in [0.1, 0.15) is 0 Å². The molecule has 0 saturated heterocycles. The van der Waals surface area contributed by atoms with Gasteiger partial charge in [-0.3, -0.25) is 0 Å². The van der Waals surface area contributed by atoms with Gasteiger partial charge in [0.2, 0.25) is 0 Å². The van der Waals surface area contributed by atoms with Crippen molar-refractivity contribution in [2.45, 2.75) is 0 Å². The average molecular weight is 192 g/mol. The monoisotopic (exact) mass is 191 g/mol. The fourth-order valence-corrected chi connectivity index (χ4v) is 0. The summed E-state index contributed by atoms with van der Waals surface area (Å²) in [6, 6.07) is 0. The minimum atomic E-state index is 0. The van der Waals surface area contributed by atoms with Crippen molar-refractivity contribution in [3.63, 3.8) is 0 Å². The maximum Gasteiger partial charge on any atom is 0.316 e. The van der Waals surface area contributed by atoms with Gasteiger partial charge in [-0.2, -0.15) is 0 Å². The normalized spacial score (nSPS) is 0. The Morgan fingerprint density at radius 3 is 1.00 bits per heavy atom. The maximum atomic E-state index is 0. The molecule has 0 atom stereocenters. The van der Waals surface area contributed by atoms with Gasteiger partial charge in [-0.1, -0.05) is 0 Å². The second-order valence-corrected chi connectivity index (χ2v) is 0. The van der Waals surface area contributed by atoms with Crippen LogP contribution in [0.3, 0.4) is 0 Å². The summed E-state index contributed by atoms with van der Waals surface area (Å²) in [5.41, 5.74) is 0. The second kappa shape index (κ2) is 17.9. The van der Waals surface area contributed by atoms with Gasteiger partial charge < -0.3 is 0 Å². The van der Waals surface area contributed by atoms with Gasteiger partial charge in [-0.15, -0.1) is 0 Å². The Hall–Kier alpha value is 2.48. The van der Waals surface area contributed by atoms with Crippen molar-refractivity contribution in [1.82, 2.24) is 0 Å². The fourth-order valence-electron chi connectivity index (χ4n) is 0. The quantitative estimate of drug-likeness (QED) is 0.435. The van der Waals surface area contributed by atoms with Crippen LogP contribution in [0.25, 0.3) is 0 Å². The van der Waals surface area contributed by atoms with Gasteiger partial charge in [-0.25, -0.2) is 0 Å². The van der Waals surface area contributed by atoms with E-state index in [2.05, 4.69) is 0 Å². The smallest absolute Gasteiger partial charge is 0 e. The van der Waals surface area contributed by atoms with E-state index in [1.807, 2.05) is 0 Å². The summed E-state index contributed by atoms with van der Waals surface area (Å²) in [6.07, 6.45) is 0. The standard InChI is InChI=1S/Co.Mg.Ni.Ti.2H. The predicted molar refractivity (Wildman–Crippen MR) is 8.54 cm³/mol. The van der Waals surface area contributed by atoms with E-state index in [0.29, 0.717) is 0 Å². The van der Waals surface area contributed by atoms with E-state index in [1.165, 1.54) is 0 Å². The Morgan fingerprint density at radius 2 is 1.00 bits per heavy atom. The van der Waals surface area contributed by atoms with Gasteiger partial charge >= 0.3 is 23.1 Å². The van der Waals surface area contributed by atoms with Crippen LogP contribution in [0.1, 0.15) is 0 Å². The molecule has 0 aliphatic rings. The van der Waals surface area contributed by atoms with Crippen LogP contribution >= 0.6 is 0 Å². The van der Waals surface area contributed by atoms with Crippen LogP contribution in [-0.4, -0.2) is 23.1 Å². The molecule has 0 amide bonds. The molecule has 4 heteroatoms. The van der Waals surface area contributed by atoms with E-state index in [4.69, 9.17) is 0 Å². The minimum absolute atomic E-state index is 0.